The van der Waals surface area contributed by atoms with Gasteiger partial charge in [-0.15, -0.1) is 0 Å². The molecule has 0 unspecified atom stereocenters. The first-order valence-corrected chi connectivity index (χ1v) is 5.02. The molecule has 0 amide bonds. The van der Waals surface area contributed by atoms with Crippen LogP contribution in [0.25, 0.3) is 0 Å². The van der Waals surface area contributed by atoms with Crippen molar-refractivity contribution in [3.8, 4) is 0 Å². The molecule has 0 spiro atoms. The van der Waals surface area contributed by atoms with Gasteiger partial charge in [0.05, 0.1) is 5.02 Å². The first-order chi connectivity index (χ1) is 7.18. The molecule has 0 aliphatic carbocycles. The van der Waals surface area contributed by atoms with Gasteiger partial charge in [-0.05, 0) is 12.1 Å². The minimum absolute atomic E-state index is 0.268. The molecule has 1 N–H and O–H groups in total. The van der Waals surface area contributed by atoms with E-state index in [9.17, 15) is 4.39 Å². The summed E-state index contributed by atoms with van der Waals surface area (Å²) in [5.41, 5.74) is 0.520. The van der Waals surface area contributed by atoms with Crippen LogP contribution < -0.4 is 4.57 Å². The fourth-order valence-corrected chi connectivity index (χ4v) is 1.69. The van der Waals surface area contributed by atoms with Gasteiger partial charge in [-0.1, -0.05) is 17.7 Å². The number of H-pyrrole nitrogens is 1. The number of nitrogens with zero attached hydrogens (tertiary/aromatic N) is 1. The van der Waals surface area contributed by atoms with Crippen molar-refractivity contribution < 1.29 is 8.96 Å². The molecule has 1 aromatic carbocycles. The van der Waals surface area contributed by atoms with Crippen molar-refractivity contribution in [2.45, 2.75) is 13.5 Å². The second kappa shape index (κ2) is 4.03. The molecule has 0 fully saturated rings. The number of hydrogen-bond acceptors (Lipinski definition) is 0. The van der Waals surface area contributed by atoms with Gasteiger partial charge in [0.2, 0.25) is 0 Å². The average molecular weight is 226 g/mol. The third-order valence-electron chi connectivity index (χ3n) is 2.37. The first kappa shape index (κ1) is 10.2. The van der Waals surface area contributed by atoms with E-state index in [4.69, 9.17) is 11.6 Å². The van der Waals surface area contributed by atoms with Gasteiger partial charge in [-0.2, -0.15) is 0 Å². The summed E-state index contributed by atoms with van der Waals surface area (Å²) in [7, 11) is 0. The van der Waals surface area contributed by atoms with Crippen LogP contribution in [0.1, 0.15) is 11.4 Å². The Morgan fingerprint density at radius 3 is 2.87 bits per heavy atom. The van der Waals surface area contributed by atoms with Gasteiger partial charge in [-0.25, -0.2) is 13.9 Å². The number of aromatic nitrogens is 2. The van der Waals surface area contributed by atoms with Crippen LogP contribution in [0.5, 0.6) is 0 Å². The molecule has 2 nitrogen and oxygen atoms in total. The van der Waals surface area contributed by atoms with Crippen LogP contribution in [0.2, 0.25) is 5.02 Å². The van der Waals surface area contributed by atoms with E-state index in [1.807, 2.05) is 23.9 Å². The molecular weight excluding hydrogens is 215 g/mol. The highest BCUT2D eigenvalue weighted by Gasteiger charge is 2.12. The summed E-state index contributed by atoms with van der Waals surface area (Å²) in [6.07, 6.45) is 3.67. The Kier molecular flexibility index (Phi) is 2.73. The van der Waals surface area contributed by atoms with Gasteiger partial charge in [0.25, 0.3) is 5.82 Å². The van der Waals surface area contributed by atoms with E-state index >= 15 is 0 Å². The quantitative estimate of drug-likeness (QED) is 0.758. The minimum atomic E-state index is -0.268. The first-order valence-electron chi connectivity index (χ1n) is 4.65. The second-order valence-corrected chi connectivity index (χ2v) is 3.78. The van der Waals surface area contributed by atoms with E-state index in [1.165, 1.54) is 6.07 Å². The lowest BCUT2D eigenvalue weighted by Crippen LogP contribution is -2.35. The number of imidazole rings is 1. The Balaban J connectivity index is 2.36. The normalized spacial score (nSPS) is 10.6. The third kappa shape index (κ3) is 2.02. The van der Waals surface area contributed by atoms with Gasteiger partial charge in [0.1, 0.15) is 24.8 Å². The zero-order valence-corrected chi connectivity index (χ0v) is 9.05. The van der Waals surface area contributed by atoms with Crippen molar-refractivity contribution in [2.24, 2.45) is 0 Å². The minimum Gasteiger partial charge on any atom is -0.248 e. The zero-order chi connectivity index (χ0) is 10.8. The molecule has 0 saturated heterocycles. The van der Waals surface area contributed by atoms with Crippen LogP contribution in [0.3, 0.4) is 0 Å². The highest BCUT2D eigenvalue weighted by molar-refractivity contribution is 6.31. The standard InChI is InChI=1S/C11H10ClFN2/c1-8-14-5-6-15(8)7-9-10(12)3-2-4-11(9)13/h2-6H,7H2,1H3/p+1. The fraction of sp³-hybridized carbons (Fsp3) is 0.182. The fourth-order valence-electron chi connectivity index (χ4n) is 1.47. The summed E-state index contributed by atoms with van der Waals surface area (Å²) in [4.78, 5) is 3.03. The molecule has 2 rings (SSSR count). The lowest BCUT2D eigenvalue weighted by Gasteiger charge is -2.03. The molecule has 0 bridgehead atoms. The predicted molar refractivity (Wildman–Crippen MR) is 56.2 cm³/mol. The van der Waals surface area contributed by atoms with Crippen LogP contribution in [0.15, 0.2) is 30.6 Å². The van der Waals surface area contributed by atoms with E-state index in [2.05, 4.69) is 4.98 Å². The van der Waals surface area contributed by atoms with Crippen molar-refractivity contribution in [3.05, 3.63) is 52.8 Å². The number of aromatic amines is 1. The largest absolute Gasteiger partial charge is 0.251 e. The molecule has 0 radical (unpaired) electrons. The number of halogens is 2. The van der Waals surface area contributed by atoms with Gasteiger partial charge in [-0.3, -0.25) is 0 Å². The maximum atomic E-state index is 13.5. The molecule has 78 valence electrons. The summed E-state index contributed by atoms with van der Waals surface area (Å²) < 4.78 is 15.4. The molecular formula is C11H11ClFN2+. The SMILES string of the molecule is Cc1[nH]cc[n+]1Cc1c(F)cccc1Cl. The van der Waals surface area contributed by atoms with E-state index in [0.717, 1.165) is 5.82 Å². The Morgan fingerprint density at radius 2 is 2.27 bits per heavy atom. The number of aryl methyl sites for hydroxylation is 1. The molecule has 0 saturated carbocycles. The Labute approximate surface area is 92.3 Å². The van der Waals surface area contributed by atoms with Gasteiger partial charge < -0.3 is 0 Å². The smallest absolute Gasteiger partial charge is 0.248 e. The Bertz CT molecular complexity index is 459. The summed E-state index contributed by atoms with van der Waals surface area (Å²) in [6, 6.07) is 4.72. The van der Waals surface area contributed by atoms with Crippen molar-refractivity contribution in [2.75, 3.05) is 0 Å². The van der Waals surface area contributed by atoms with Crippen molar-refractivity contribution >= 4 is 11.6 Å². The molecule has 1 heterocycles. The number of rotatable bonds is 2. The molecule has 1 aromatic heterocycles. The Hall–Kier alpha value is -1.35. The van der Waals surface area contributed by atoms with Crippen molar-refractivity contribution in [3.63, 3.8) is 0 Å². The van der Waals surface area contributed by atoms with Crippen LogP contribution in [-0.4, -0.2) is 4.98 Å². The number of hydrogen-bond donors (Lipinski definition) is 1. The average Bonchev–Trinajstić information content (AvgIpc) is 2.58. The van der Waals surface area contributed by atoms with Gasteiger partial charge in [0, 0.05) is 12.5 Å². The second-order valence-electron chi connectivity index (χ2n) is 3.37. The highest BCUT2D eigenvalue weighted by Crippen LogP contribution is 2.18. The van der Waals surface area contributed by atoms with Crippen LogP contribution in [0, 0.1) is 12.7 Å². The maximum Gasteiger partial charge on any atom is 0.251 e. The van der Waals surface area contributed by atoms with E-state index in [1.54, 1.807) is 12.1 Å². The summed E-state index contributed by atoms with van der Waals surface area (Å²) in [5, 5.41) is 0.461. The van der Waals surface area contributed by atoms with E-state index < -0.39 is 0 Å². The molecule has 2 aromatic rings. The summed E-state index contributed by atoms with van der Waals surface area (Å²) in [6.45, 7) is 2.37. The monoisotopic (exact) mass is 225 g/mol. The third-order valence-corrected chi connectivity index (χ3v) is 2.72. The predicted octanol–water partition coefficient (Wildman–Crippen LogP) is 2.45. The van der Waals surface area contributed by atoms with Crippen LogP contribution in [0.4, 0.5) is 4.39 Å². The summed E-state index contributed by atoms with van der Waals surface area (Å²) in [5.74, 6) is 0.699. The zero-order valence-electron chi connectivity index (χ0n) is 8.30. The lowest BCUT2D eigenvalue weighted by molar-refractivity contribution is -0.693. The number of benzene rings is 1. The lowest BCUT2D eigenvalue weighted by atomic mass is 10.2. The van der Waals surface area contributed by atoms with Gasteiger partial charge >= 0.3 is 0 Å². The molecule has 0 aliphatic rings. The van der Waals surface area contributed by atoms with Crippen LogP contribution >= 0.6 is 11.6 Å². The van der Waals surface area contributed by atoms with E-state index in [0.29, 0.717) is 17.1 Å². The van der Waals surface area contributed by atoms with Crippen LogP contribution in [-0.2, 0) is 6.54 Å². The number of nitrogens with one attached hydrogen (secondary N) is 1. The van der Waals surface area contributed by atoms with Gasteiger partial charge in [0.15, 0.2) is 0 Å². The molecule has 4 heteroatoms. The summed E-state index contributed by atoms with van der Waals surface area (Å²) >= 11 is 5.94. The molecule has 15 heavy (non-hydrogen) atoms. The molecule has 0 aliphatic heterocycles. The Morgan fingerprint density at radius 1 is 1.47 bits per heavy atom. The topological polar surface area (TPSA) is 19.7 Å². The van der Waals surface area contributed by atoms with Crippen molar-refractivity contribution in [1.82, 2.24) is 4.98 Å². The maximum absolute atomic E-state index is 13.5. The van der Waals surface area contributed by atoms with Crippen molar-refractivity contribution in [1.29, 1.82) is 0 Å². The molecule has 0 atom stereocenters. The highest BCUT2D eigenvalue weighted by atomic mass is 35.5. The van der Waals surface area contributed by atoms with E-state index in [-0.39, 0.29) is 5.82 Å².